The van der Waals surface area contributed by atoms with Crippen LogP contribution in [-0.4, -0.2) is 21.6 Å². The fraction of sp³-hybridized carbons (Fsp3) is 0.200. The van der Waals surface area contributed by atoms with E-state index in [-0.39, 0.29) is 11.7 Å². The Morgan fingerprint density at radius 1 is 1.15 bits per heavy atom. The summed E-state index contributed by atoms with van der Waals surface area (Å²) in [7, 11) is 1.84. The summed E-state index contributed by atoms with van der Waals surface area (Å²) >= 11 is 0. The number of amides is 1. The van der Waals surface area contributed by atoms with Gasteiger partial charge in [-0.15, -0.1) is 0 Å². The minimum atomic E-state index is -0.694. The lowest BCUT2D eigenvalue weighted by Gasteiger charge is -2.22. The molecule has 0 aliphatic carbocycles. The number of halogens is 1. The Morgan fingerprint density at radius 3 is 2.46 bits per heavy atom. The van der Waals surface area contributed by atoms with Crippen molar-refractivity contribution in [1.29, 1.82) is 0 Å². The Bertz CT molecular complexity index is 862. The number of nitrogens with one attached hydrogen (secondary N) is 1. The minimum Gasteiger partial charge on any atom is -0.481 e. The van der Waals surface area contributed by atoms with Crippen molar-refractivity contribution in [2.45, 2.75) is 19.1 Å². The molecule has 2 aromatic carbocycles. The van der Waals surface area contributed by atoms with Gasteiger partial charge in [0.15, 0.2) is 6.10 Å². The molecule has 1 amide bonds. The van der Waals surface area contributed by atoms with Crippen molar-refractivity contribution >= 4 is 5.91 Å². The molecule has 2 unspecified atom stereocenters. The number of carbonyl (C=O) groups excluding carboxylic acids is 1. The molecule has 5 nitrogen and oxygen atoms in total. The predicted molar refractivity (Wildman–Crippen MR) is 96.1 cm³/mol. The zero-order chi connectivity index (χ0) is 18.5. The summed E-state index contributed by atoms with van der Waals surface area (Å²) in [5.74, 6) is 0.646. The molecular formula is C20H20FN3O2. The molecule has 6 heteroatoms. The summed E-state index contributed by atoms with van der Waals surface area (Å²) in [5.41, 5.74) is 0.737. The summed E-state index contributed by atoms with van der Waals surface area (Å²) in [5, 5.41) is 2.95. The van der Waals surface area contributed by atoms with Crippen LogP contribution in [0.2, 0.25) is 0 Å². The van der Waals surface area contributed by atoms with E-state index in [0.717, 1.165) is 5.56 Å². The van der Waals surface area contributed by atoms with E-state index in [1.54, 1.807) is 43.6 Å². The maximum absolute atomic E-state index is 13.3. The number of benzene rings is 2. The van der Waals surface area contributed by atoms with Gasteiger partial charge in [0.2, 0.25) is 0 Å². The molecule has 1 N–H and O–H groups in total. The highest BCUT2D eigenvalue weighted by molar-refractivity contribution is 5.81. The Morgan fingerprint density at radius 2 is 1.85 bits per heavy atom. The van der Waals surface area contributed by atoms with E-state index in [9.17, 15) is 9.18 Å². The third-order valence-corrected chi connectivity index (χ3v) is 4.03. The zero-order valence-corrected chi connectivity index (χ0v) is 14.6. The standard InChI is InChI=1S/C20H20FN3O2/c1-14(26-17-6-4-3-5-7-17)20(25)23-18(19-22-12-13-24(19)2)15-8-10-16(21)11-9-15/h3-14,18H,1-2H3,(H,23,25). The summed E-state index contributed by atoms with van der Waals surface area (Å²) in [6.45, 7) is 1.68. The number of rotatable bonds is 6. The Kier molecular flexibility index (Phi) is 5.31. The maximum Gasteiger partial charge on any atom is 0.261 e. The summed E-state index contributed by atoms with van der Waals surface area (Å²) in [4.78, 5) is 17.0. The highest BCUT2D eigenvalue weighted by atomic mass is 19.1. The number of ether oxygens (including phenoxy) is 1. The van der Waals surface area contributed by atoms with Gasteiger partial charge in [0, 0.05) is 19.4 Å². The lowest BCUT2D eigenvalue weighted by atomic mass is 10.1. The van der Waals surface area contributed by atoms with Crippen LogP contribution < -0.4 is 10.1 Å². The average molecular weight is 353 g/mol. The number of nitrogens with zero attached hydrogens (tertiary/aromatic N) is 2. The Hall–Kier alpha value is -3.15. The molecule has 134 valence electrons. The first-order valence-electron chi connectivity index (χ1n) is 8.29. The molecule has 1 heterocycles. The second-order valence-electron chi connectivity index (χ2n) is 5.96. The number of aryl methyl sites for hydroxylation is 1. The molecule has 0 spiro atoms. The van der Waals surface area contributed by atoms with E-state index in [4.69, 9.17) is 4.74 Å². The average Bonchev–Trinajstić information content (AvgIpc) is 3.07. The second kappa shape index (κ2) is 7.82. The first kappa shape index (κ1) is 17.7. The van der Waals surface area contributed by atoms with Crippen LogP contribution in [0.4, 0.5) is 4.39 Å². The SMILES string of the molecule is CC(Oc1ccccc1)C(=O)NC(c1ccc(F)cc1)c1nccn1C. The molecule has 2 atom stereocenters. The third kappa shape index (κ3) is 4.08. The summed E-state index contributed by atoms with van der Waals surface area (Å²) in [6, 6.07) is 14.6. The van der Waals surface area contributed by atoms with Gasteiger partial charge >= 0.3 is 0 Å². The number of imidazole rings is 1. The van der Waals surface area contributed by atoms with E-state index in [2.05, 4.69) is 10.3 Å². The molecule has 0 fully saturated rings. The second-order valence-corrected chi connectivity index (χ2v) is 5.96. The lowest BCUT2D eigenvalue weighted by molar-refractivity contribution is -0.127. The molecule has 0 radical (unpaired) electrons. The number of hydrogen-bond donors (Lipinski definition) is 1. The van der Waals surface area contributed by atoms with Crippen LogP contribution in [0.15, 0.2) is 67.0 Å². The van der Waals surface area contributed by atoms with Gasteiger partial charge in [-0.2, -0.15) is 0 Å². The van der Waals surface area contributed by atoms with Crippen molar-refractivity contribution in [2.24, 2.45) is 7.05 Å². The van der Waals surface area contributed by atoms with Crippen LogP contribution in [0.1, 0.15) is 24.4 Å². The van der Waals surface area contributed by atoms with Gasteiger partial charge in [-0.05, 0) is 36.8 Å². The van der Waals surface area contributed by atoms with E-state index in [1.165, 1.54) is 12.1 Å². The van der Waals surface area contributed by atoms with Gasteiger partial charge in [0.05, 0.1) is 0 Å². The monoisotopic (exact) mass is 353 g/mol. The molecular weight excluding hydrogens is 333 g/mol. The minimum absolute atomic E-state index is 0.286. The molecule has 1 aromatic heterocycles. The number of hydrogen-bond acceptors (Lipinski definition) is 3. The van der Waals surface area contributed by atoms with Crippen molar-refractivity contribution in [3.8, 4) is 5.75 Å². The van der Waals surface area contributed by atoms with E-state index in [1.807, 2.05) is 29.8 Å². The van der Waals surface area contributed by atoms with Crippen molar-refractivity contribution < 1.29 is 13.9 Å². The van der Waals surface area contributed by atoms with Gasteiger partial charge in [-0.1, -0.05) is 30.3 Å². The molecule has 3 aromatic rings. The van der Waals surface area contributed by atoms with E-state index >= 15 is 0 Å². The van der Waals surface area contributed by atoms with Gasteiger partial charge in [-0.25, -0.2) is 9.37 Å². The van der Waals surface area contributed by atoms with Crippen LogP contribution >= 0.6 is 0 Å². The molecule has 0 bridgehead atoms. The molecule has 0 aliphatic heterocycles. The summed E-state index contributed by atoms with van der Waals surface area (Å²) < 4.78 is 20.8. The Balaban J connectivity index is 1.80. The molecule has 0 aliphatic rings. The van der Waals surface area contributed by atoms with Gasteiger partial charge in [0.25, 0.3) is 5.91 Å². The molecule has 3 rings (SSSR count). The molecule has 0 saturated heterocycles. The largest absolute Gasteiger partial charge is 0.481 e. The number of aromatic nitrogens is 2. The highest BCUT2D eigenvalue weighted by Crippen LogP contribution is 2.21. The fourth-order valence-electron chi connectivity index (χ4n) is 2.62. The lowest BCUT2D eigenvalue weighted by Crippen LogP contribution is -2.39. The molecule has 0 saturated carbocycles. The van der Waals surface area contributed by atoms with Crippen LogP contribution in [0.25, 0.3) is 0 Å². The van der Waals surface area contributed by atoms with Crippen molar-refractivity contribution in [1.82, 2.24) is 14.9 Å². The molecule has 26 heavy (non-hydrogen) atoms. The smallest absolute Gasteiger partial charge is 0.261 e. The van der Waals surface area contributed by atoms with Crippen LogP contribution in [0.5, 0.6) is 5.75 Å². The fourth-order valence-corrected chi connectivity index (χ4v) is 2.62. The highest BCUT2D eigenvalue weighted by Gasteiger charge is 2.24. The number of carbonyl (C=O) groups is 1. The van der Waals surface area contributed by atoms with Crippen molar-refractivity contribution in [3.63, 3.8) is 0 Å². The quantitative estimate of drug-likeness (QED) is 0.740. The van der Waals surface area contributed by atoms with Crippen LogP contribution in [0, 0.1) is 5.82 Å². The maximum atomic E-state index is 13.3. The van der Waals surface area contributed by atoms with Crippen molar-refractivity contribution in [3.05, 3.63) is 84.2 Å². The summed E-state index contributed by atoms with van der Waals surface area (Å²) in [6.07, 6.45) is 2.75. The van der Waals surface area contributed by atoms with E-state index < -0.39 is 12.1 Å². The van der Waals surface area contributed by atoms with Gasteiger partial charge in [-0.3, -0.25) is 4.79 Å². The first-order chi connectivity index (χ1) is 12.5. The normalized spacial score (nSPS) is 13.0. The predicted octanol–water partition coefficient (Wildman–Crippen LogP) is 3.23. The Labute approximate surface area is 151 Å². The third-order valence-electron chi connectivity index (χ3n) is 4.03. The van der Waals surface area contributed by atoms with Crippen molar-refractivity contribution in [2.75, 3.05) is 0 Å². The van der Waals surface area contributed by atoms with Crippen LogP contribution in [-0.2, 0) is 11.8 Å². The van der Waals surface area contributed by atoms with Crippen LogP contribution in [0.3, 0.4) is 0 Å². The first-order valence-corrected chi connectivity index (χ1v) is 8.29. The van der Waals surface area contributed by atoms with Gasteiger partial charge in [0.1, 0.15) is 23.4 Å². The zero-order valence-electron chi connectivity index (χ0n) is 14.6. The topological polar surface area (TPSA) is 56.1 Å². The van der Waals surface area contributed by atoms with Gasteiger partial charge < -0.3 is 14.6 Å². The number of para-hydroxylation sites is 1. The van der Waals surface area contributed by atoms with E-state index in [0.29, 0.717) is 11.6 Å².